The van der Waals surface area contributed by atoms with Gasteiger partial charge in [-0.25, -0.2) is 9.78 Å². The number of fused-ring (bicyclic) bond motifs is 1. The maximum Gasteiger partial charge on any atom is 0.356 e. The number of carbonyl (C=O) groups excluding carboxylic acids is 2. The molecule has 3 rings (SSSR count). The van der Waals surface area contributed by atoms with E-state index in [1.165, 1.54) is 22.1 Å². The van der Waals surface area contributed by atoms with Crippen molar-refractivity contribution in [2.24, 2.45) is 7.05 Å². The van der Waals surface area contributed by atoms with Crippen molar-refractivity contribution >= 4 is 38.6 Å². The highest BCUT2D eigenvalue weighted by molar-refractivity contribution is 7.22. The lowest BCUT2D eigenvalue weighted by atomic mass is 10.3. The Morgan fingerprint density at radius 1 is 1.23 bits per heavy atom. The Kier molecular flexibility index (Phi) is 5.17. The third-order valence-corrected chi connectivity index (χ3v) is 4.42. The molecule has 0 saturated carbocycles. The summed E-state index contributed by atoms with van der Waals surface area (Å²) in [6.07, 6.45) is 0. The minimum Gasteiger partial charge on any atom is -0.494 e. The quantitative estimate of drug-likeness (QED) is 0.667. The van der Waals surface area contributed by atoms with Gasteiger partial charge in [-0.3, -0.25) is 14.8 Å². The topological polar surface area (TPSA) is 95.3 Å². The molecule has 0 atom stereocenters. The van der Waals surface area contributed by atoms with E-state index >= 15 is 0 Å². The number of amides is 1. The third-order valence-electron chi connectivity index (χ3n) is 3.49. The summed E-state index contributed by atoms with van der Waals surface area (Å²) < 4.78 is 12.6. The molecule has 26 heavy (non-hydrogen) atoms. The van der Waals surface area contributed by atoms with Crippen molar-refractivity contribution < 1.29 is 19.1 Å². The molecular formula is C17H18N4O4S. The number of aryl methyl sites for hydroxylation is 1. The predicted molar refractivity (Wildman–Crippen MR) is 97.9 cm³/mol. The van der Waals surface area contributed by atoms with Crippen LogP contribution in [-0.4, -0.2) is 39.9 Å². The van der Waals surface area contributed by atoms with Gasteiger partial charge in [-0.2, -0.15) is 5.10 Å². The zero-order valence-corrected chi connectivity index (χ0v) is 15.4. The number of nitrogens with zero attached hydrogens (tertiary/aromatic N) is 3. The molecule has 0 aliphatic rings. The highest BCUT2D eigenvalue weighted by atomic mass is 32.1. The second-order valence-electron chi connectivity index (χ2n) is 5.29. The summed E-state index contributed by atoms with van der Waals surface area (Å²) in [4.78, 5) is 28.6. The van der Waals surface area contributed by atoms with Gasteiger partial charge in [0, 0.05) is 13.1 Å². The highest BCUT2D eigenvalue weighted by Crippen LogP contribution is 2.29. The van der Waals surface area contributed by atoms with Crippen LogP contribution in [0.3, 0.4) is 0 Å². The average Bonchev–Trinajstić information content (AvgIpc) is 3.18. The monoisotopic (exact) mass is 374 g/mol. The number of hydrogen-bond acceptors (Lipinski definition) is 7. The van der Waals surface area contributed by atoms with Crippen molar-refractivity contribution in [3.8, 4) is 5.75 Å². The van der Waals surface area contributed by atoms with E-state index in [-0.39, 0.29) is 18.0 Å². The molecule has 0 unspecified atom stereocenters. The maximum atomic E-state index is 12.4. The summed E-state index contributed by atoms with van der Waals surface area (Å²) in [6.45, 7) is 4.46. The Hall–Kier alpha value is -2.94. The number of thiazole rings is 1. The van der Waals surface area contributed by atoms with Crippen LogP contribution in [0.2, 0.25) is 0 Å². The standard InChI is InChI=1S/C17H18N4O4S/c1-4-24-10-6-7-11-14(8-10)26-17(18-11)19-15(22)12-9-13(21(3)20-12)16(23)25-5-2/h6-9H,4-5H2,1-3H3,(H,18,19,22). The molecule has 2 aromatic heterocycles. The van der Waals surface area contributed by atoms with Crippen LogP contribution in [0, 0.1) is 0 Å². The summed E-state index contributed by atoms with van der Waals surface area (Å²) in [5.41, 5.74) is 1.09. The number of carbonyl (C=O) groups is 2. The summed E-state index contributed by atoms with van der Waals surface area (Å²) in [7, 11) is 1.58. The van der Waals surface area contributed by atoms with Gasteiger partial charge >= 0.3 is 5.97 Å². The van der Waals surface area contributed by atoms with Crippen LogP contribution < -0.4 is 10.1 Å². The molecule has 0 fully saturated rings. The molecule has 0 aliphatic carbocycles. The lowest BCUT2D eigenvalue weighted by molar-refractivity contribution is 0.0513. The Balaban J connectivity index is 1.78. The second kappa shape index (κ2) is 7.52. The molecular weight excluding hydrogens is 356 g/mol. The minimum absolute atomic E-state index is 0.116. The Morgan fingerprint density at radius 3 is 2.77 bits per heavy atom. The third kappa shape index (κ3) is 3.67. The number of rotatable bonds is 6. The van der Waals surface area contributed by atoms with Crippen LogP contribution in [0.25, 0.3) is 10.2 Å². The molecule has 0 bridgehead atoms. The van der Waals surface area contributed by atoms with Gasteiger partial charge in [0.2, 0.25) is 0 Å². The van der Waals surface area contributed by atoms with Crippen LogP contribution in [0.15, 0.2) is 24.3 Å². The fourth-order valence-electron chi connectivity index (χ4n) is 2.35. The summed E-state index contributed by atoms with van der Waals surface area (Å²) >= 11 is 1.34. The molecule has 1 N–H and O–H groups in total. The number of ether oxygens (including phenoxy) is 2. The van der Waals surface area contributed by atoms with E-state index in [0.717, 1.165) is 16.0 Å². The maximum absolute atomic E-state index is 12.4. The van der Waals surface area contributed by atoms with E-state index in [2.05, 4.69) is 15.4 Å². The number of aromatic nitrogens is 3. The molecule has 1 aromatic carbocycles. The molecule has 0 saturated heterocycles. The molecule has 0 aliphatic heterocycles. The lowest BCUT2D eigenvalue weighted by Crippen LogP contribution is -2.12. The molecule has 3 aromatic rings. The summed E-state index contributed by atoms with van der Waals surface area (Å²) in [5, 5.41) is 7.22. The van der Waals surface area contributed by atoms with Crippen molar-refractivity contribution in [1.82, 2.24) is 14.8 Å². The fourth-order valence-corrected chi connectivity index (χ4v) is 3.24. The number of benzene rings is 1. The van der Waals surface area contributed by atoms with Gasteiger partial charge in [-0.1, -0.05) is 11.3 Å². The SMILES string of the molecule is CCOC(=O)c1cc(C(=O)Nc2nc3ccc(OCC)cc3s2)nn1C. The fraction of sp³-hybridized carbons (Fsp3) is 0.294. The van der Waals surface area contributed by atoms with Crippen molar-refractivity contribution in [2.75, 3.05) is 18.5 Å². The first-order valence-corrected chi connectivity index (χ1v) is 8.89. The average molecular weight is 374 g/mol. The van der Waals surface area contributed by atoms with Crippen molar-refractivity contribution in [3.05, 3.63) is 35.7 Å². The number of hydrogen-bond donors (Lipinski definition) is 1. The van der Waals surface area contributed by atoms with Gasteiger partial charge in [0.25, 0.3) is 5.91 Å². The van der Waals surface area contributed by atoms with Gasteiger partial charge in [0.05, 0.1) is 23.4 Å². The Morgan fingerprint density at radius 2 is 2.04 bits per heavy atom. The predicted octanol–water partition coefficient (Wildman–Crippen LogP) is 2.86. The van der Waals surface area contributed by atoms with Crippen LogP contribution in [0.4, 0.5) is 5.13 Å². The first-order valence-electron chi connectivity index (χ1n) is 8.07. The molecule has 8 nitrogen and oxygen atoms in total. The summed E-state index contributed by atoms with van der Waals surface area (Å²) in [6, 6.07) is 6.95. The first kappa shape index (κ1) is 17.9. The zero-order valence-electron chi connectivity index (χ0n) is 14.6. The van der Waals surface area contributed by atoms with Gasteiger partial charge in [0.1, 0.15) is 11.4 Å². The van der Waals surface area contributed by atoms with E-state index < -0.39 is 11.9 Å². The zero-order chi connectivity index (χ0) is 18.7. The molecule has 9 heteroatoms. The van der Waals surface area contributed by atoms with E-state index in [4.69, 9.17) is 9.47 Å². The molecule has 136 valence electrons. The molecule has 0 radical (unpaired) electrons. The molecule has 1 amide bonds. The van der Waals surface area contributed by atoms with Crippen LogP contribution in [0.1, 0.15) is 34.8 Å². The molecule has 2 heterocycles. The smallest absolute Gasteiger partial charge is 0.356 e. The largest absolute Gasteiger partial charge is 0.494 e. The van der Waals surface area contributed by atoms with Crippen LogP contribution in [-0.2, 0) is 11.8 Å². The minimum atomic E-state index is -0.523. The van der Waals surface area contributed by atoms with E-state index in [0.29, 0.717) is 11.7 Å². The van der Waals surface area contributed by atoms with E-state index in [1.807, 2.05) is 25.1 Å². The van der Waals surface area contributed by atoms with E-state index in [9.17, 15) is 9.59 Å². The first-order chi connectivity index (χ1) is 12.5. The Labute approximate surface area is 153 Å². The summed E-state index contributed by atoms with van der Waals surface area (Å²) in [5.74, 6) is -0.212. The van der Waals surface area contributed by atoms with E-state index in [1.54, 1.807) is 14.0 Å². The van der Waals surface area contributed by atoms with Gasteiger partial charge in [0.15, 0.2) is 10.8 Å². The molecule has 0 spiro atoms. The van der Waals surface area contributed by atoms with Crippen molar-refractivity contribution in [2.45, 2.75) is 13.8 Å². The normalized spacial score (nSPS) is 10.7. The lowest BCUT2D eigenvalue weighted by Gasteiger charge is -2.00. The number of esters is 1. The van der Waals surface area contributed by atoms with Gasteiger partial charge in [-0.15, -0.1) is 0 Å². The Bertz CT molecular complexity index is 963. The van der Waals surface area contributed by atoms with Crippen molar-refractivity contribution in [1.29, 1.82) is 0 Å². The van der Waals surface area contributed by atoms with Crippen LogP contribution >= 0.6 is 11.3 Å². The number of nitrogens with one attached hydrogen (secondary N) is 1. The second-order valence-corrected chi connectivity index (χ2v) is 6.33. The number of anilines is 1. The van der Waals surface area contributed by atoms with Gasteiger partial charge < -0.3 is 9.47 Å². The highest BCUT2D eigenvalue weighted by Gasteiger charge is 2.19. The van der Waals surface area contributed by atoms with Crippen LogP contribution in [0.5, 0.6) is 5.75 Å². The van der Waals surface area contributed by atoms with Gasteiger partial charge in [-0.05, 0) is 32.0 Å². The van der Waals surface area contributed by atoms with Crippen molar-refractivity contribution in [3.63, 3.8) is 0 Å².